The molecule has 0 aromatic heterocycles. The van der Waals surface area contributed by atoms with Crippen LogP contribution in [0.1, 0.15) is 24.0 Å². The first-order valence-electron chi connectivity index (χ1n) is 7.79. The first-order valence-corrected chi connectivity index (χ1v) is 9.23. The summed E-state index contributed by atoms with van der Waals surface area (Å²) >= 11 is 0. The molecule has 0 bridgehead atoms. The third kappa shape index (κ3) is 4.57. The van der Waals surface area contributed by atoms with E-state index < -0.39 is 21.8 Å². The molecule has 0 radical (unpaired) electrons. The highest BCUT2D eigenvalue weighted by atomic mass is 32.2. The molecule has 0 amide bonds. The van der Waals surface area contributed by atoms with E-state index in [2.05, 4.69) is 0 Å². The van der Waals surface area contributed by atoms with E-state index in [4.69, 9.17) is 5.11 Å². The van der Waals surface area contributed by atoms with Gasteiger partial charge in [0, 0.05) is 13.0 Å². The monoisotopic (exact) mass is 365 g/mol. The number of carboxylic acids is 1. The molecule has 134 valence electrons. The average molecular weight is 365 g/mol. The van der Waals surface area contributed by atoms with Gasteiger partial charge in [-0.1, -0.05) is 12.1 Å². The van der Waals surface area contributed by atoms with E-state index >= 15 is 0 Å². The standard InChI is InChI=1S/C18H20FNO4S/c1-13-5-6-14(2)17(12-13)20(11-3-4-18(21)22)25(23,24)16-9-7-15(19)8-10-16/h5-10,12H,3-4,11H2,1-2H3,(H,21,22). The summed E-state index contributed by atoms with van der Waals surface area (Å²) in [5, 5.41) is 8.84. The van der Waals surface area contributed by atoms with Crippen LogP contribution in [-0.4, -0.2) is 26.0 Å². The number of carboxylic acid groups (broad SMARTS) is 1. The molecule has 1 N–H and O–H groups in total. The van der Waals surface area contributed by atoms with E-state index in [1.807, 2.05) is 19.1 Å². The van der Waals surface area contributed by atoms with Crippen molar-refractivity contribution in [2.75, 3.05) is 10.8 Å². The summed E-state index contributed by atoms with van der Waals surface area (Å²) in [6.07, 6.45) is 0.0312. The Morgan fingerprint density at radius 1 is 1.12 bits per heavy atom. The Bertz CT molecular complexity index is 863. The summed E-state index contributed by atoms with van der Waals surface area (Å²) < 4.78 is 40.4. The Labute approximate surface area is 146 Å². The fourth-order valence-electron chi connectivity index (χ4n) is 2.47. The summed E-state index contributed by atoms with van der Waals surface area (Å²) in [4.78, 5) is 10.7. The number of benzene rings is 2. The Kier molecular flexibility index (Phi) is 5.79. The van der Waals surface area contributed by atoms with Crippen molar-refractivity contribution in [1.82, 2.24) is 0 Å². The maximum Gasteiger partial charge on any atom is 0.303 e. The first-order chi connectivity index (χ1) is 11.7. The predicted molar refractivity (Wildman–Crippen MR) is 93.7 cm³/mol. The second-order valence-corrected chi connectivity index (χ2v) is 7.68. The molecule has 0 atom stereocenters. The smallest absolute Gasteiger partial charge is 0.303 e. The lowest BCUT2D eigenvalue weighted by molar-refractivity contribution is -0.137. The minimum Gasteiger partial charge on any atom is -0.481 e. The van der Waals surface area contributed by atoms with Crippen LogP contribution in [0.25, 0.3) is 0 Å². The highest BCUT2D eigenvalue weighted by Crippen LogP contribution is 2.28. The number of aryl methyl sites for hydroxylation is 2. The molecule has 0 saturated heterocycles. The van der Waals surface area contributed by atoms with Crippen molar-refractivity contribution in [3.05, 3.63) is 59.4 Å². The summed E-state index contributed by atoms with van der Waals surface area (Å²) in [7, 11) is -3.93. The first kappa shape index (κ1) is 18.9. The van der Waals surface area contributed by atoms with Gasteiger partial charge in [0.1, 0.15) is 5.82 Å². The maximum atomic E-state index is 13.1. The van der Waals surface area contributed by atoms with Crippen molar-refractivity contribution in [3.63, 3.8) is 0 Å². The third-order valence-electron chi connectivity index (χ3n) is 3.79. The number of hydrogen-bond acceptors (Lipinski definition) is 3. The van der Waals surface area contributed by atoms with Crippen LogP contribution in [0.2, 0.25) is 0 Å². The number of rotatable bonds is 7. The van der Waals surface area contributed by atoms with E-state index in [1.54, 1.807) is 13.0 Å². The molecule has 2 aromatic rings. The van der Waals surface area contributed by atoms with E-state index in [9.17, 15) is 17.6 Å². The molecule has 7 heteroatoms. The number of halogens is 1. The minimum atomic E-state index is -3.93. The fraction of sp³-hybridized carbons (Fsp3) is 0.278. The van der Waals surface area contributed by atoms with Gasteiger partial charge in [-0.15, -0.1) is 0 Å². The van der Waals surface area contributed by atoms with Gasteiger partial charge in [-0.2, -0.15) is 0 Å². The summed E-state index contributed by atoms with van der Waals surface area (Å²) in [6, 6.07) is 10.0. The quantitative estimate of drug-likeness (QED) is 0.815. The lowest BCUT2D eigenvalue weighted by Crippen LogP contribution is -2.33. The number of hydrogen-bond donors (Lipinski definition) is 1. The zero-order chi connectivity index (χ0) is 18.6. The van der Waals surface area contributed by atoms with Crippen molar-refractivity contribution < 1.29 is 22.7 Å². The van der Waals surface area contributed by atoms with Crippen LogP contribution >= 0.6 is 0 Å². The van der Waals surface area contributed by atoms with Crippen LogP contribution in [0.4, 0.5) is 10.1 Å². The Hall–Kier alpha value is -2.41. The van der Waals surface area contributed by atoms with Crippen LogP contribution in [0, 0.1) is 19.7 Å². The van der Waals surface area contributed by atoms with Crippen molar-refractivity contribution in [2.24, 2.45) is 0 Å². The second-order valence-electron chi connectivity index (χ2n) is 5.82. The summed E-state index contributed by atoms with van der Waals surface area (Å²) in [5.74, 6) is -1.51. The Morgan fingerprint density at radius 2 is 1.76 bits per heavy atom. The van der Waals surface area contributed by atoms with Gasteiger partial charge in [0.15, 0.2) is 0 Å². The lowest BCUT2D eigenvalue weighted by atomic mass is 10.1. The van der Waals surface area contributed by atoms with E-state index in [0.717, 1.165) is 23.3 Å². The number of aliphatic carboxylic acids is 1. The van der Waals surface area contributed by atoms with Gasteiger partial charge in [0.05, 0.1) is 10.6 Å². The van der Waals surface area contributed by atoms with Crippen molar-refractivity contribution in [2.45, 2.75) is 31.6 Å². The van der Waals surface area contributed by atoms with Crippen LogP contribution in [-0.2, 0) is 14.8 Å². The van der Waals surface area contributed by atoms with E-state index in [-0.39, 0.29) is 24.3 Å². The predicted octanol–water partition coefficient (Wildman–Crippen LogP) is 3.50. The maximum absolute atomic E-state index is 13.1. The number of nitrogens with zero attached hydrogens (tertiary/aromatic N) is 1. The minimum absolute atomic E-state index is 0.0241. The van der Waals surface area contributed by atoms with Gasteiger partial charge in [0.25, 0.3) is 10.0 Å². The highest BCUT2D eigenvalue weighted by Gasteiger charge is 2.26. The Morgan fingerprint density at radius 3 is 2.36 bits per heavy atom. The van der Waals surface area contributed by atoms with Gasteiger partial charge in [-0.05, 0) is 61.7 Å². The zero-order valence-corrected chi connectivity index (χ0v) is 14.9. The van der Waals surface area contributed by atoms with Gasteiger partial charge in [-0.3, -0.25) is 9.10 Å². The molecular formula is C18H20FNO4S. The molecule has 5 nitrogen and oxygen atoms in total. The number of carbonyl (C=O) groups is 1. The molecular weight excluding hydrogens is 345 g/mol. The third-order valence-corrected chi connectivity index (χ3v) is 5.61. The molecule has 0 heterocycles. The molecule has 0 spiro atoms. The summed E-state index contributed by atoms with van der Waals surface area (Å²) in [5.41, 5.74) is 2.14. The highest BCUT2D eigenvalue weighted by molar-refractivity contribution is 7.92. The molecule has 0 unspecified atom stereocenters. The average Bonchev–Trinajstić information content (AvgIpc) is 2.54. The van der Waals surface area contributed by atoms with Crippen LogP contribution < -0.4 is 4.31 Å². The fourth-order valence-corrected chi connectivity index (χ4v) is 4.03. The Balaban J connectivity index is 2.47. The van der Waals surface area contributed by atoms with Gasteiger partial charge in [-0.25, -0.2) is 12.8 Å². The van der Waals surface area contributed by atoms with E-state index in [0.29, 0.717) is 5.69 Å². The second kappa shape index (κ2) is 7.65. The van der Waals surface area contributed by atoms with Gasteiger partial charge < -0.3 is 5.11 Å². The molecule has 0 fully saturated rings. The molecule has 0 saturated carbocycles. The number of sulfonamides is 1. The van der Waals surface area contributed by atoms with Crippen molar-refractivity contribution in [3.8, 4) is 0 Å². The van der Waals surface area contributed by atoms with Gasteiger partial charge in [0.2, 0.25) is 0 Å². The lowest BCUT2D eigenvalue weighted by Gasteiger charge is -2.26. The molecule has 0 aliphatic carbocycles. The number of anilines is 1. The zero-order valence-electron chi connectivity index (χ0n) is 14.1. The van der Waals surface area contributed by atoms with E-state index in [1.165, 1.54) is 16.4 Å². The van der Waals surface area contributed by atoms with Crippen LogP contribution in [0.15, 0.2) is 47.4 Å². The largest absolute Gasteiger partial charge is 0.481 e. The molecule has 2 rings (SSSR count). The van der Waals surface area contributed by atoms with Crippen LogP contribution in [0.3, 0.4) is 0 Å². The molecule has 0 aliphatic rings. The van der Waals surface area contributed by atoms with Crippen molar-refractivity contribution >= 4 is 21.7 Å². The molecule has 2 aromatic carbocycles. The van der Waals surface area contributed by atoms with Crippen LogP contribution in [0.5, 0.6) is 0 Å². The van der Waals surface area contributed by atoms with Gasteiger partial charge >= 0.3 is 5.97 Å². The SMILES string of the molecule is Cc1ccc(C)c(N(CCCC(=O)O)S(=O)(=O)c2ccc(F)cc2)c1. The summed E-state index contributed by atoms with van der Waals surface area (Å²) in [6.45, 7) is 3.67. The molecule has 25 heavy (non-hydrogen) atoms. The molecule has 0 aliphatic heterocycles. The topological polar surface area (TPSA) is 74.7 Å². The normalized spacial score (nSPS) is 11.3. The van der Waals surface area contributed by atoms with Crippen molar-refractivity contribution in [1.29, 1.82) is 0 Å².